The molecule has 1 amide bonds. The summed E-state index contributed by atoms with van der Waals surface area (Å²) < 4.78 is 0. The molecule has 0 unspecified atom stereocenters. The minimum Gasteiger partial charge on any atom is -0.478 e. The smallest absolute Gasteiger partial charge is 0.335 e. The topological polar surface area (TPSA) is 81.1 Å². The Morgan fingerprint density at radius 1 is 1.07 bits per heavy atom. The van der Waals surface area contributed by atoms with Crippen LogP contribution in [-0.2, 0) is 11.2 Å². The number of hydrogen-bond acceptors (Lipinski definition) is 4. The Labute approximate surface area is 171 Å². The average Bonchev–Trinajstić information content (AvgIpc) is 3.10. The molecule has 0 aliphatic carbocycles. The fourth-order valence-corrected chi connectivity index (χ4v) is 3.69. The van der Waals surface area contributed by atoms with E-state index in [2.05, 4.69) is 0 Å². The molecular formula is C23H28N2O4. The van der Waals surface area contributed by atoms with E-state index < -0.39 is 12.1 Å². The Morgan fingerprint density at radius 3 is 2.41 bits per heavy atom. The summed E-state index contributed by atoms with van der Waals surface area (Å²) in [4.78, 5) is 23.2. The van der Waals surface area contributed by atoms with Crippen molar-refractivity contribution in [3.8, 4) is 0 Å². The van der Waals surface area contributed by atoms with Crippen LogP contribution in [0.1, 0.15) is 47.2 Å². The Balaban J connectivity index is 1.52. The van der Waals surface area contributed by atoms with Crippen LogP contribution < -0.4 is 0 Å². The van der Waals surface area contributed by atoms with E-state index in [-0.39, 0.29) is 17.4 Å². The molecule has 1 heterocycles. The van der Waals surface area contributed by atoms with E-state index in [4.69, 9.17) is 5.11 Å². The zero-order valence-electron chi connectivity index (χ0n) is 16.7. The fourth-order valence-electron chi connectivity index (χ4n) is 3.69. The Hall–Kier alpha value is -2.70. The molecule has 0 spiro atoms. The monoisotopic (exact) mass is 396 g/mol. The minimum atomic E-state index is -0.944. The molecule has 154 valence electrons. The van der Waals surface area contributed by atoms with Gasteiger partial charge in [0.1, 0.15) is 0 Å². The fraction of sp³-hybridized carbons (Fsp3) is 0.391. The van der Waals surface area contributed by atoms with Crippen LogP contribution in [0.5, 0.6) is 0 Å². The maximum Gasteiger partial charge on any atom is 0.335 e. The van der Waals surface area contributed by atoms with Gasteiger partial charge < -0.3 is 10.2 Å². The second-order valence-corrected chi connectivity index (χ2v) is 7.53. The summed E-state index contributed by atoms with van der Waals surface area (Å²) in [6, 6.07) is 16.7. The van der Waals surface area contributed by atoms with Crippen molar-refractivity contribution in [1.29, 1.82) is 0 Å². The van der Waals surface area contributed by atoms with Gasteiger partial charge in [0.25, 0.3) is 0 Å². The Morgan fingerprint density at radius 2 is 1.76 bits per heavy atom. The maximum atomic E-state index is 12.3. The summed E-state index contributed by atoms with van der Waals surface area (Å²) in [6.45, 7) is 3.87. The van der Waals surface area contributed by atoms with Crippen molar-refractivity contribution in [3.63, 3.8) is 0 Å². The van der Waals surface area contributed by atoms with E-state index in [1.165, 1.54) is 0 Å². The number of aromatic carboxylic acids is 1. The predicted octanol–water partition coefficient (Wildman–Crippen LogP) is 2.93. The first kappa shape index (κ1) is 21.0. The molecule has 2 aromatic carbocycles. The number of carboxylic acids is 1. The molecule has 6 heteroatoms. The molecule has 2 atom stereocenters. The number of carbonyl (C=O) groups is 2. The third-order valence-electron chi connectivity index (χ3n) is 5.61. The number of benzene rings is 2. The highest BCUT2D eigenvalue weighted by Gasteiger charge is 2.29. The summed E-state index contributed by atoms with van der Waals surface area (Å²) in [5.41, 5.74) is 2.36. The Bertz CT molecular complexity index is 823. The number of nitrogens with zero attached hydrogens (tertiary/aromatic N) is 2. The number of rotatable bonds is 9. The Kier molecular flexibility index (Phi) is 7.01. The van der Waals surface area contributed by atoms with E-state index in [1.807, 2.05) is 42.3 Å². The van der Waals surface area contributed by atoms with Gasteiger partial charge in [-0.15, -0.1) is 0 Å². The molecule has 6 nitrogen and oxygen atoms in total. The highest BCUT2D eigenvalue weighted by molar-refractivity contribution is 5.87. The molecule has 2 aromatic rings. The molecule has 2 N–H and O–H groups in total. The van der Waals surface area contributed by atoms with Crippen LogP contribution in [0.25, 0.3) is 0 Å². The van der Waals surface area contributed by atoms with Crippen molar-refractivity contribution in [2.75, 3.05) is 19.6 Å². The predicted molar refractivity (Wildman–Crippen MR) is 110 cm³/mol. The summed E-state index contributed by atoms with van der Waals surface area (Å²) in [5, 5.41) is 23.4. The average molecular weight is 396 g/mol. The lowest BCUT2D eigenvalue weighted by Gasteiger charge is -2.29. The third kappa shape index (κ3) is 5.43. The summed E-state index contributed by atoms with van der Waals surface area (Å²) >= 11 is 0. The molecular weight excluding hydrogens is 368 g/mol. The molecule has 29 heavy (non-hydrogen) atoms. The number of aliphatic hydroxyl groups excluding tert-OH is 1. The largest absolute Gasteiger partial charge is 0.478 e. The van der Waals surface area contributed by atoms with E-state index in [0.29, 0.717) is 38.9 Å². The quantitative estimate of drug-likeness (QED) is 0.681. The molecule has 0 saturated carbocycles. The lowest BCUT2D eigenvalue weighted by Crippen LogP contribution is -2.42. The van der Waals surface area contributed by atoms with E-state index in [9.17, 15) is 14.7 Å². The van der Waals surface area contributed by atoms with Crippen molar-refractivity contribution in [2.24, 2.45) is 0 Å². The van der Waals surface area contributed by atoms with Gasteiger partial charge in [-0.05, 0) is 36.1 Å². The van der Waals surface area contributed by atoms with Crippen LogP contribution in [-0.4, -0.2) is 57.8 Å². The van der Waals surface area contributed by atoms with Gasteiger partial charge in [0, 0.05) is 32.0 Å². The van der Waals surface area contributed by atoms with Gasteiger partial charge in [-0.1, -0.05) is 49.4 Å². The van der Waals surface area contributed by atoms with Gasteiger partial charge in [0.2, 0.25) is 5.91 Å². The number of aliphatic hydroxyl groups is 1. The first-order valence-corrected chi connectivity index (χ1v) is 10.1. The highest BCUT2D eigenvalue weighted by Crippen LogP contribution is 2.22. The number of carbonyl (C=O) groups excluding carboxylic acids is 1. The zero-order chi connectivity index (χ0) is 20.8. The normalized spacial score (nSPS) is 16.8. The third-order valence-corrected chi connectivity index (χ3v) is 5.61. The number of hydrazine groups is 1. The van der Waals surface area contributed by atoms with Crippen molar-refractivity contribution < 1.29 is 19.8 Å². The highest BCUT2D eigenvalue weighted by atomic mass is 16.4. The van der Waals surface area contributed by atoms with Crippen LogP contribution in [0, 0.1) is 0 Å². The minimum absolute atomic E-state index is 0.0377. The second kappa shape index (κ2) is 9.67. The van der Waals surface area contributed by atoms with Crippen LogP contribution in [0.15, 0.2) is 54.6 Å². The maximum absolute atomic E-state index is 12.3. The number of amides is 1. The van der Waals surface area contributed by atoms with Crippen molar-refractivity contribution in [2.45, 2.75) is 38.2 Å². The van der Waals surface area contributed by atoms with Crippen LogP contribution >= 0.6 is 0 Å². The molecule has 1 aliphatic heterocycles. The van der Waals surface area contributed by atoms with Gasteiger partial charge in [0.15, 0.2) is 0 Å². The molecule has 1 saturated heterocycles. The van der Waals surface area contributed by atoms with E-state index >= 15 is 0 Å². The number of carboxylic acid groups (broad SMARTS) is 1. The van der Waals surface area contributed by atoms with Gasteiger partial charge in [-0.3, -0.25) is 9.80 Å². The molecule has 0 aromatic heterocycles. The van der Waals surface area contributed by atoms with Crippen LogP contribution in [0.4, 0.5) is 0 Å². The second-order valence-electron chi connectivity index (χ2n) is 7.53. The first-order chi connectivity index (χ1) is 14.0. The van der Waals surface area contributed by atoms with E-state index in [0.717, 1.165) is 11.1 Å². The van der Waals surface area contributed by atoms with Gasteiger partial charge >= 0.3 is 5.97 Å². The number of hydrogen-bond donors (Lipinski definition) is 2. The molecule has 1 fully saturated rings. The molecule has 0 radical (unpaired) electrons. The summed E-state index contributed by atoms with van der Waals surface area (Å²) in [6.07, 6.45) is 1.26. The SMILES string of the molecule is C[C@H](c1ccccc1)[C@H](O)CCN1CCC(=O)N1CCc1ccc(C(=O)O)cc1. The zero-order valence-corrected chi connectivity index (χ0v) is 16.7. The van der Waals surface area contributed by atoms with Gasteiger partial charge in [-0.25, -0.2) is 9.80 Å². The lowest BCUT2D eigenvalue weighted by molar-refractivity contribution is -0.138. The van der Waals surface area contributed by atoms with Crippen molar-refractivity contribution in [3.05, 3.63) is 71.3 Å². The summed E-state index contributed by atoms with van der Waals surface area (Å²) in [7, 11) is 0. The van der Waals surface area contributed by atoms with Crippen LogP contribution in [0.2, 0.25) is 0 Å². The van der Waals surface area contributed by atoms with E-state index in [1.54, 1.807) is 29.3 Å². The molecule has 0 bridgehead atoms. The summed E-state index contributed by atoms with van der Waals surface area (Å²) in [5.74, 6) is -0.811. The first-order valence-electron chi connectivity index (χ1n) is 10.1. The van der Waals surface area contributed by atoms with Crippen molar-refractivity contribution in [1.82, 2.24) is 10.0 Å². The van der Waals surface area contributed by atoms with Crippen molar-refractivity contribution >= 4 is 11.9 Å². The standard InChI is InChI=1S/C23H28N2O4/c1-17(19-5-3-2-4-6-19)21(26)12-14-24-15-13-22(27)25(24)16-11-18-7-9-20(10-8-18)23(28)29/h2-10,17,21,26H,11-16H2,1H3,(H,28,29)/t17-,21-/m1/s1. The van der Waals surface area contributed by atoms with Gasteiger partial charge in [0.05, 0.1) is 11.7 Å². The van der Waals surface area contributed by atoms with Crippen LogP contribution in [0.3, 0.4) is 0 Å². The molecule has 3 rings (SSSR count). The lowest BCUT2D eigenvalue weighted by atomic mass is 9.93. The molecule has 1 aliphatic rings. The van der Waals surface area contributed by atoms with Gasteiger partial charge in [-0.2, -0.15) is 0 Å².